The molecular formula is C9H10NO4+. The molecule has 0 atom stereocenters. The highest BCUT2D eigenvalue weighted by Crippen LogP contribution is 2.19. The molecule has 0 aliphatic rings. The number of hydrogen-bond donors (Lipinski definition) is 2. The van der Waals surface area contributed by atoms with Crippen LogP contribution in [0.15, 0.2) is 18.2 Å². The Hall–Kier alpha value is -1.91. The zero-order valence-electron chi connectivity index (χ0n) is 7.61. The van der Waals surface area contributed by atoms with Gasteiger partial charge in [-0.1, -0.05) is 6.07 Å². The van der Waals surface area contributed by atoms with Crippen molar-refractivity contribution < 1.29 is 19.8 Å². The van der Waals surface area contributed by atoms with E-state index in [1.807, 2.05) is 0 Å². The Morgan fingerprint density at radius 1 is 1.57 bits per heavy atom. The number of nitrogens with one attached hydrogen (secondary N) is 1. The molecule has 0 unspecified atom stereocenters. The lowest BCUT2D eigenvalue weighted by Gasteiger charge is -1.99. The van der Waals surface area contributed by atoms with Crippen molar-refractivity contribution in [3.8, 4) is 5.75 Å². The van der Waals surface area contributed by atoms with Gasteiger partial charge in [-0.15, -0.1) is 0 Å². The van der Waals surface area contributed by atoms with E-state index in [0.717, 1.165) is 0 Å². The van der Waals surface area contributed by atoms with E-state index in [0.29, 0.717) is 5.56 Å². The molecule has 1 aromatic carbocycles. The number of rotatable bonds is 3. The molecule has 0 radical (unpaired) electrons. The molecule has 0 saturated carbocycles. The first kappa shape index (κ1) is 10.2. The van der Waals surface area contributed by atoms with Gasteiger partial charge in [0.1, 0.15) is 0 Å². The summed E-state index contributed by atoms with van der Waals surface area (Å²) in [5, 5.41) is 10.7. The topological polar surface area (TPSA) is 77.6 Å². The number of methoxy groups -OCH3 is 1. The summed E-state index contributed by atoms with van der Waals surface area (Å²) >= 11 is 0. The number of phenolic OH excluding ortho intramolecular Hbond substituents is 1. The van der Waals surface area contributed by atoms with E-state index < -0.39 is 5.97 Å². The summed E-state index contributed by atoms with van der Waals surface area (Å²) in [6.45, 7) is 0. The van der Waals surface area contributed by atoms with Crippen molar-refractivity contribution in [1.29, 1.82) is 0 Å². The molecule has 74 valence electrons. The summed E-state index contributed by atoms with van der Waals surface area (Å²) in [5.74, 6) is -0.541. The maximum Gasteiger partial charge on any atom is 0.309 e. The molecule has 0 heterocycles. The van der Waals surface area contributed by atoms with Crippen LogP contribution in [0, 0.1) is 4.91 Å². The first-order chi connectivity index (χ1) is 6.67. The summed E-state index contributed by atoms with van der Waals surface area (Å²) < 4.78 is 4.46. The number of nitroso groups, excluding NO2 is 1. The third-order valence-electron chi connectivity index (χ3n) is 1.75. The van der Waals surface area contributed by atoms with Crippen molar-refractivity contribution in [2.75, 3.05) is 7.11 Å². The predicted molar refractivity (Wildman–Crippen MR) is 47.8 cm³/mol. The monoisotopic (exact) mass is 196 g/mol. The van der Waals surface area contributed by atoms with E-state index in [2.05, 4.69) is 4.74 Å². The minimum absolute atomic E-state index is 0.0476. The van der Waals surface area contributed by atoms with E-state index in [4.69, 9.17) is 5.11 Å². The van der Waals surface area contributed by atoms with E-state index in [9.17, 15) is 9.70 Å². The number of aromatic hydroxyl groups is 1. The fraction of sp³-hybridized carbons (Fsp3) is 0.222. The quantitative estimate of drug-likeness (QED) is 0.508. The van der Waals surface area contributed by atoms with Crippen molar-refractivity contribution in [1.82, 2.24) is 0 Å². The molecule has 0 aromatic heterocycles. The first-order valence-corrected chi connectivity index (χ1v) is 3.94. The zero-order chi connectivity index (χ0) is 10.6. The molecule has 5 heteroatoms. The lowest BCUT2D eigenvalue weighted by atomic mass is 10.1. The molecular weight excluding hydrogens is 186 g/mol. The second-order valence-electron chi connectivity index (χ2n) is 2.71. The predicted octanol–water partition coefficient (Wildman–Crippen LogP) is -0.414. The highest BCUT2D eigenvalue weighted by molar-refractivity contribution is 5.72. The van der Waals surface area contributed by atoms with Gasteiger partial charge in [-0.3, -0.25) is 4.79 Å². The summed E-state index contributed by atoms with van der Waals surface area (Å²) in [6, 6.07) is 4.30. The van der Waals surface area contributed by atoms with Crippen LogP contribution in [-0.2, 0) is 16.0 Å². The molecule has 0 fully saturated rings. The fourth-order valence-electron chi connectivity index (χ4n) is 1.01. The second kappa shape index (κ2) is 4.36. The van der Waals surface area contributed by atoms with E-state index in [1.165, 1.54) is 19.2 Å². The molecule has 0 saturated heterocycles. The Labute approximate surface area is 80.3 Å². The molecule has 1 aromatic rings. The minimum atomic E-state index is -0.396. The average molecular weight is 196 g/mol. The molecule has 0 spiro atoms. The highest BCUT2D eigenvalue weighted by Gasteiger charge is 2.10. The molecule has 2 N–H and O–H groups in total. The molecule has 0 bridgehead atoms. The zero-order valence-corrected chi connectivity index (χ0v) is 7.61. The van der Waals surface area contributed by atoms with Gasteiger partial charge in [0.25, 0.3) is 5.69 Å². The number of ether oxygens (including phenoxy) is 1. The number of phenols is 1. The standard InChI is InChI=1S/C9H9NO4/c1-14-9(12)5-6-2-3-8(11)7(4-6)10-13/h2-4,11H,5H2,1H3/p+1. The van der Waals surface area contributed by atoms with E-state index >= 15 is 0 Å². The number of carbonyl (C=O) groups excluding carboxylic acids is 1. The van der Waals surface area contributed by atoms with Crippen LogP contribution < -0.4 is 5.18 Å². The highest BCUT2D eigenvalue weighted by atomic mass is 16.5. The number of hydrogen-bond acceptors (Lipinski definition) is 4. The summed E-state index contributed by atoms with van der Waals surface area (Å²) in [7, 11) is 1.29. The molecule has 1 rings (SSSR count). The Morgan fingerprint density at radius 2 is 2.29 bits per heavy atom. The molecule has 14 heavy (non-hydrogen) atoms. The molecule has 0 amide bonds. The molecule has 5 nitrogen and oxygen atoms in total. The average Bonchev–Trinajstić information content (AvgIpc) is 2.20. The van der Waals surface area contributed by atoms with Crippen molar-refractivity contribution in [2.45, 2.75) is 6.42 Å². The first-order valence-electron chi connectivity index (χ1n) is 3.94. The van der Waals surface area contributed by atoms with Gasteiger partial charge in [0.2, 0.25) is 0 Å². The maximum absolute atomic E-state index is 10.9. The Bertz CT molecular complexity index is 362. The molecule has 0 aliphatic heterocycles. The Morgan fingerprint density at radius 3 is 2.86 bits per heavy atom. The van der Waals surface area contributed by atoms with Crippen LogP contribution in [0.1, 0.15) is 5.56 Å². The van der Waals surface area contributed by atoms with Crippen molar-refractivity contribution in [2.24, 2.45) is 0 Å². The maximum atomic E-state index is 10.9. The largest absolute Gasteiger partial charge is 0.502 e. The van der Waals surface area contributed by atoms with Gasteiger partial charge in [0, 0.05) is 16.2 Å². The minimum Gasteiger partial charge on any atom is -0.502 e. The van der Waals surface area contributed by atoms with Gasteiger partial charge in [-0.25, -0.2) is 0 Å². The number of carbonyl (C=O) groups is 1. The van der Waals surface area contributed by atoms with Crippen molar-refractivity contribution >= 4 is 11.7 Å². The summed E-state index contributed by atoms with van der Waals surface area (Å²) in [4.78, 5) is 21.2. The van der Waals surface area contributed by atoms with Crippen molar-refractivity contribution in [3.63, 3.8) is 0 Å². The van der Waals surface area contributed by atoms with Crippen molar-refractivity contribution in [3.05, 3.63) is 28.7 Å². The van der Waals surface area contributed by atoms with Crippen LogP contribution in [0.4, 0.5) is 5.69 Å². The van der Waals surface area contributed by atoms with Crippen LogP contribution in [0.25, 0.3) is 0 Å². The second-order valence-corrected chi connectivity index (χ2v) is 2.71. The Balaban J connectivity index is 2.89. The van der Waals surface area contributed by atoms with Gasteiger partial charge < -0.3 is 9.84 Å². The Kier molecular flexibility index (Phi) is 3.17. The van der Waals surface area contributed by atoms with E-state index in [-0.39, 0.29) is 17.9 Å². The molecule has 0 aliphatic carbocycles. The normalized spacial score (nSPS) is 9.50. The van der Waals surface area contributed by atoms with Gasteiger partial charge in [0.05, 0.1) is 13.5 Å². The fourth-order valence-corrected chi connectivity index (χ4v) is 1.01. The van der Waals surface area contributed by atoms with Crippen LogP contribution in [0.3, 0.4) is 0 Å². The smallest absolute Gasteiger partial charge is 0.309 e. The van der Waals surface area contributed by atoms with Crippen LogP contribution >= 0.6 is 0 Å². The summed E-state index contributed by atoms with van der Waals surface area (Å²) in [6.07, 6.45) is 0.0749. The van der Waals surface area contributed by atoms with Gasteiger partial charge in [0.15, 0.2) is 5.75 Å². The summed E-state index contributed by atoms with van der Waals surface area (Å²) in [5.41, 5.74) is 0.652. The lowest BCUT2D eigenvalue weighted by Crippen LogP contribution is -2.55. The van der Waals surface area contributed by atoms with E-state index in [1.54, 1.807) is 11.2 Å². The van der Waals surface area contributed by atoms with Gasteiger partial charge in [-0.05, 0) is 11.6 Å². The van der Waals surface area contributed by atoms with Gasteiger partial charge >= 0.3 is 5.97 Å². The van der Waals surface area contributed by atoms with Crippen LogP contribution in [0.2, 0.25) is 0 Å². The number of benzene rings is 1. The SMILES string of the molecule is COC(=O)Cc1ccc(O)c([NH+]=O)c1. The van der Waals surface area contributed by atoms with Gasteiger partial charge in [-0.2, -0.15) is 0 Å². The lowest BCUT2D eigenvalue weighted by molar-refractivity contribution is -0.380. The van der Waals surface area contributed by atoms with Crippen LogP contribution in [-0.4, -0.2) is 18.2 Å². The number of esters is 1. The third kappa shape index (κ3) is 2.29. The third-order valence-corrected chi connectivity index (χ3v) is 1.75. The van der Waals surface area contributed by atoms with Crippen LogP contribution in [0.5, 0.6) is 5.75 Å².